The number of benzene rings is 3. The highest BCUT2D eigenvalue weighted by Gasteiger charge is 2.19. The third kappa shape index (κ3) is 3.22. The van der Waals surface area contributed by atoms with Crippen LogP contribution in [0.3, 0.4) is 0 Å². The molecule has 0 unspecified atom stereocenters. The standard InChI is InChI=1S/C20H17NO3/c1-24-19-13-7-15(8-14-19)20(23)21(16-5-3-2-4-6-16)17-9-11-18(22)12-10-17/h2-14,22H,1H3. The number of phenolic OH excluding ortho intramolecular Hbond substituents is 1. The zero-order valence-corrected chi connectivity index (χ0v) is 13.2. The molecule has 3 aromatic carbocycles. The van der Waals surface area contributed by atoms with Gasteiger partial charge in [0.15, 0.2) is 0 Å². The summed E-state index contributed by atoms with van der Waals surface area (Å²) in [6, 6.07) is 22.9. The monoisotopic (exact) mass is 319 g/mol. The van der Waals surface area contributed by atoms with Crippen LogP contribution in [-0.4, -0.2) is 18.1 Å². The summed E-state index contributed by atoms with van der Waals surface area (Å²) in [6.45, 7) is 0. The zero-order valence-electron chi connectivity index (χ0n) is 13.2. The van der Waals surface area contributed by atoms with E-state index in [1.807, 2.05) is 30.3 Å². The maximum absolute atomic E-state index is 13.1. The van der Waals surface area contributed by atoms with Crippen molar-refractivity contribution >= 4 is 17.3 Å². The van der Waals surface area contributed by atoms with Gasteiger partial charge in [0.25, 0.3) is 5.91 Å². The van der Waals surface area contributed by atoms with E-state index in [1.165, 1.54) is 0 Å². The van der Waals surface area contributed by atoms with Crippen molar-refractivity contribution in [1.29, 1.82) is 0 Å². The van der Waals surface area contributed by atoms with Gasteiger partial charge in [-0.2, -0.15) is 0 Å². The molecule has 0 aliphatic heterocycles. The maximum Gasteiger partial charge on any atom is 0.262 e. The van der Waals surface area contributed by atoms with Crippen LogP contribution in [0, 0.1) is 0 Å². The van der Waals surface area contributed by atoms with Gasteiger partial charge in [-0.05, 0) is 60.7 Å². The minimum atomic E-state index is -0.158. The third-order valence-corrected chi connectivity index (χ3v) is 3.66. The van der Waals surface area contributed by atoms with Gasteiger partial charge in [0.1, 0.15) is 11.5 Å². The molecule has 0 saturated carbocycles. The van der Waals surface area contributed by atoms with Crippen LogP contribution >= 0.6 is 0 Å². The molecule has 4 nitrogen and oxygen atoms in total. The van der Waals surface area contributed by atoms with Gasteiger partial charge >= 0.3 is 0 Å². The van der Waals surface area contributed by atoms with Crippen molar-refractivity contribution in [3.8, 4) is 11.5 Å². The molecule has 0 atom stereocenters. The van der Waals surface area contributed by atoms with E-state index in [2.05, 4.69) is 0 Å². The second kappa shape index (κ2) is 6.87. The summed E-state index contributed by atoms with van der Waals surface area (Å²) in [4.78, 5) is 14.7. The zero-order chi connectivity index (χ0) is 16.9. The summed E-state index contributed by atoms with van der Waals surface area (Å²) in [7, 11) is 1.59. The van der Waals surface area contributed by atoms with Gasteiger partial charge in [0.05, 0.1) is 7.11 Å². The molecule has 0 aliphatic rings. The molecule has 0 heterocycles. The summed E-state index contributed by atoms with van der Waals surface area (Å²) >= 11 is 0. The van der Waals surface area contributed by atoms with Gasteiger partial charge < -0.3 is 9.84 Å². The summed E-state index contributed by atoms with van der Waals surface area (Å²) in [5.41, 5.74) is 1.98. The van der Waals surface area contributed by atoms with Gasteiger partial charge in [0, 0.05) is 16.9 Å². The molecule has 0 spiro atoms. The molecule has 1 N–H and O–H groups in total. The van der Waals surface area contributed by atoms with E-state index in [-0.39, 0.29) is 11.7 Å². The fraction of sp³-hybridized carbons (Fsp3) is 0.0500. The molecule has 4 heteroatoms. The van der Waals surface area contributed by atoms with Gasteiger partial charge in [-0.25, -0.2) is 0 Å². The number of rotatable bonds is 4. The van der Waals surface area contributed by atoms with E-state index in [0.29, 0.717) is 17.0 Å². The van der Waals surface area contributed by atoms with E-state index in [0.717, 1.165) is 5.69 Å². The number of phenols is 1. The normalized spacial score (nSPS) is 10.2. The van der Waals surface area contributed by atoms with E-state index in [1.54, 1.807) is 60.5 Å². The molecule has 0 fully saturated rings. The molecule has 0 aliphatic carbocycles. The summed E-state index contributed by atoms with van der Waals surface area (Å²) in [6.07, 6.45) is 0. The number of para-hydroxylation sites is 1. The van der Waals surface area contributed by atoms with Crippen molar-refractivity contribution in [2.45, 2.75) is 0 Å². The SMILES string of the molecule is COc1ccc(C(=O)N(c2ccccc2)c2ccc(O)cc2)cc1. The molecular formula is C20H17NO3. The fourth-order valence-corrected chi connectivity index (χ4v) is 2.43. The van der Waals surface area contributed by atoms with Crippen molar-refractivity contribution in [3.63, 3.8) is 0 Å². The van der Waals surface area contributed by atoms with Crippen LogP contribution < -0.4 is 9.64 Å². The third-order valence-electron chi connectivity index (χ3n) is 3.66. The Bertz CT molecular complexity index is 812. The van der Waals surface area contributed by atoms with Crippen LogP contribution in [0.1, 0.15) is 10.4 Å². The quantitative estimate of drug-likeness (QED) is 0.776. The Labute approximate surface area is 140 Å². The first-order valence-corrected chi connectivity index (χ1v) is 7.51. The Balaban J connectivity index is 2.03. The Kier molecular flexibility index (Phi) is 4.47. The van der Waals surface area contributed by atoms with Crippen LogP contribution in [0.25, 0.3) is 0 Å². The number of carbonyl (C=O) groups excluding carboxylic acids is 1. The van der Waals surface area contributed by atoms with E-state index in [4.69, 9.17) is 4.74 Å². The van der Waals surface area contributed by atoms with Gasteiger partial charge in [-0.1, -0.05) is 18.2 Å². The predicted molar refractivity (Wildman–Crippen MR) is 94.0 cm³/mol. The molecule has 0 saturated heterocycles. The fourth-order valence-electron chi connectivity index (χ4n) is 2.43. The summed E-state index contributed by atoms with van der Waals surface area (Å²) in [5.74, 6) is 0.695. The minimum Gasteiger partial charge on any atom is -0.508 e. The molecule has 120 valence electrons. The molecule has 0 bridgehead atoms. The van der Waals surface area contributed by atoms with Crippen LogP contribution in [-0.2, 0) is 0 Å². The second-order valence-electron chi connectivity index (χ2n) is 5.22. The Morgan fingerprint density at radius 3 is 2.00 bits per heavy atom. The van der Waals surface area contributed by atoms with Crippen molar-refractivity contribution in [2.24, 2.45) is 0 Å². The van der Waals surface area contributed by atoms with Gasteiger partial charge in [-0.3, -0.25) is 9.69 Å². The number of amides is 1. The minimum absolute atomic E-state index is 0.156. The average Bonchev–Trinajstić information content (AvgIpc) is 2.64. The molecular weight excluding hydrogens is 302 g/mol. The smallest absolute Gasteiger partial charge is 0.262 e. The molecule has 1 amide bonds. The second-order valence-corrected chi connectivity index (χ2v) is 5.22. The van der Waals surface area contributed by atoms with Gasteiger partial charge in [-0.15, -0.1) is 0 Å². The maximum atomic E-state index is 13.1. The van der Waals surface area contributed by atoms with Crippen LogP contribution in [0.15, 0.2) is 78.9 Å². The Morgan fingerprint density at radius 1 is 0.833 bits per heavy atom. The number of carbonyl (C=O) groups is 1. The molecule has 0 radical (unpaired) electrons. The number of hydrogen-bond donors (Lipinski definition) is 1. The average molecular weight is 319 g/mol. The molecule has 0 aromatic heterocycles. The van der Waals surface area contributed by atoms with Crippen molar-refractivity contribution in [3.05, 3.63) is 84.4 Å². The van der Waals surface area contributed by atoms with Crippen molar-refractivity contribution < 1.29 is 14.6 Å². The highest BCUT2D eigenvalue weighted by molar-refractivity contribution is 6.10. The number of aromatic hydroxyl groups is 1. The van der Waals surface area contributed by atoms with Crippen molar-refractivity contribution in [2.75, 3.05) is 12.0 Å². The Hall–Kier alpha value is -3.27. The molecule has 3 rings (SSSR count). The van der Waals surface area contributed by atoms with Crippen LogP contribution in [0.5, 0.6) is 11.5 Å². The van der Waals surface area contributed by atoms with E-state index in [9.17, 15) is 9.90 Å². The van der Waals surface area contributed by atoms with E-state index < -0.39 is 0 Å². The molecule has 3 aromatic rings. The lowest BCUT2D eigenvalue weighted by atomic mass is 10.1. The Morgan fingerprint density at radius 2 is 1.42 bits per heavy atom. The first-order valence-electron chi connectivity index (χ1n) is 7.51. The lowest BCUT2D eigenvalue weighted by molar-refractivity contribution is 0.0999. The number of anilines is 2. The van der Waals surface area contributed by atoms with Crippen LogP contribution in [0.4, 0.5) is 11.4 Å². The lowest BCUT2D eigenvalue weighted by Crippen LogP contribution is -2.25. The highest BCUT2D eigenvalue weighted by Crippen LogP contribution is 2.29. The van der Waals surface area contributed by atoms with Crippen molar-refractivity contribution in [1.82, 2.24) is 0 Å². The predicted octanol–water partition coefficient (Wildman–Crippen LogP) is 4.38. The summed E-state index contributed by atoms with van der Waals surface area (Å²) < 4.78 is 5.14. The lowest BCUT2D eigenvalue weighted by Gasteiger charge is -2.23. The number of ether oxygens (including phenoxy) is 1. The van der Waals surface area contributed by atoms with Gasteiger partial charge in [0.2, 0.25) is 0 Å². The number of nitrogens with zero attached hydrogens (tertiary/aromatic N) is 1. The highest BCUT2D eigenvalue weighted by atomic mass is 16.5. The first kappa shape index (κ1) is 15.6. The summed E-state index contributed by atoms with van der Waals surface area (Å²) in [5, 5.41) is 9.50. The topological polar surface area (TPSA) is 49.8 Å². The number of methoxy groups -OCH3 is 1. The van der Waals surface area contributed by atoms with Crippen LogP contribution in [0.2, 0.25) is 0 Å². The molecule has 24 heavy (non-hydrogen) atoms. The first-order chi connectivity index (χ1) is 11.7. The number of hydrogen-bond acceptors (Lipinski definition) is 3. The largest absolute Gasteiger partial charge is 0.508 e. The van der Waals surface area contributed by atoms with E-state index >= 15 is 0 Å².